The van der Waals surface area contributed by atoms with Gasteiger partial charge in [0.1, 0.15) is 5.75 Å². The zero-order valence-electron chi connectivity index (χ0n) is 14.2. The second kappa shape index (κ2) is 6.91. The lowest BCUT2D eigenvalue weighted by Crippen LogP contribution is -2.50. The molecule has 0 N–H and O–H groups in total. The Labute approximate surface area is 138 Å². The fourth-order valence-electron chi connectivity index (χ4n) is 4.26. The topological polar surface area (TPSA) is 38.8 Å². The highest BCUT2D eigenvalue weighted by Crippen LogP contribution is 2.46. The fourth-order valence-corrected chi connectivity index (χ4v) is 4.26. The lowest BCUT2D eigenvalue weighted by molar-refractivity contribution is -0.139. The van der Waals surface area contributed by atoms with Crippen LogP contribution >= 0.6 is 0 Å². The molecule has 2 fully saturated rings. The molecule has 1 heterocycles. The summed E-state index contributed by atoms with van der Waals surface area (Å²) in [5.41, 5.74) is 1.31. The number of methoxy groups -OCH3 is 1. The van der Waals surface area contributed by atoms with Crippen molar-refractivity contribution in [3.8, 4) is 5.75 Å². The van der Waals surface area contributed by atoms with Crippen molar-refractivity contribution in [1.82, 2.24) is 4.90 Å². The molecule has 23 heavy (non-hydrogen) atoms. The van der Waals surface area contributed by atoms with Gasteiger partial charge in [-0.2, -0.15) is 0 Å². The molecule has 1 aliphatic carbocycles. The lowest BCUT2D eigenvalue weighted by atomic mass is 9.76. The van der Waals surface area contributed by atoms with Gasteiger partial charge in [-0.15, -0.1) is 0 Å². The van der Waals surface area contributed by atoms with E-state index in [1.165, 1.54) is 19.3 Å². The van der Waals surface area contributed by atoms with Gasteiger partial charge < -0.3 is 14.4 Å². The molecule has 1 amide bonds. The number of carbonyl (C=O) groups excluding carboxylic acids is 1. The van der Waals surface area contributed by atoms with Crippen LogP contribution in [0.2, 0.25) is 0 Å². The molecular weight excluding hydrogens is 290 g/mol. The molecule has 1 spiro atoms. The van der Waals surface area contributed by atoms with Crippen LogP contribution in [0.3, 0.4) is 0 Å². The highest BCUT2D eigenvalue weighted by atomic mass is 16.5. The maximum absolute atomic E-state index is 12.6. The van der Waals surface area contributed by atoms with Crippen molar-refractivity contribution < 1.29 is 14.3 Å². The molecule has 1 aromatic carbocycles. The molecule has 1 saturated carbocycles. The highest BCUT2D eigenvalue weighted by molar-refractivity contribution is 5.78. The van der Waals surface area contributed by atoms with Crippen LogP contribution in [0.4, 0.5) is 0 Å². The number of piperidine rings is 1. The van der Waals surface area contributed by atoms with Crippen molar-refractivity contribution in [3.63, 3.8) is 0 Å². The van der Waals surface area contributed by atoms with Gasteiger partial charge in [-0.05, 0) is 50.3 Å². The quantitative estimate of drug-likeness (QED) is 0.856. The molecule has 2 atom stereocenters. The summed E-state index contributed by atoms with van der Waals surface area (Å²) in [6.45, 7) is 3.81. The van der Waals surface area contributed by atoms with Crippen LogP contribution in [0.5, 0.6) is 5.75 Å². The molecular formula is C19H27NO3. The molecule has 0 unspecified atom stereocenters. The van der Waals surface area contributed by atoms with Crippen molar-refractivity contribution >= 4 is 5.91 Å². The zero-order valence-corrected chi connectivity index (χ0v) is 14.2. The first kappa shape index (κ1) is 16.3. The van der Waals surface area contributed by atoms with E-state index in [1.807, 2.05) is 36.1 Å². The number of aryl methyl sites for hydroxylation is 1. The number of likely N-dealkylation sites (tertiary alicyclic amines) is 1. The zero-order chi connectivity index (χ0) is 16.3. The molecule has 0 radical (unpaired) electrons. The summed E-state index contributed by atoms with van der Waals surface area (Å²) in [7, 11) is 1.80. The first-order chi connectivity index (χ1) is 11.1. The molecule has 1 aromatic rings. The molecule has 126 valence electrons. The summed E-state index contributed by atoms with van der Waals surface area (Å²) in [4.78, 5) is 14.5. The van der Waals surface area contributed by atoms with Crippen LogP contribution in [0.25, 0.3) is 0 Å². The van der Waals surface area contributed by atoms with E-state index in [0.29, 0.717) is 6.10 Å². The minimum absolute atomic E-state index is 0.0901. The number of nitrogens with zero attached hydrogens (tertiary/aromatic N) is 1. The standard InChI is InChI=1S/C19H27NO3/c1-15-6-3-7-16(12-15)23-13-18(21)20-11-5-10-19(14-20)9-4-8-17(19)22-2/h3,6-7,12,17H,4-5,8-11,13-14H2,1-2H3/t17-,19+/m1/s1. The van der Waals surface area contributed by atoms with Gasteiger partial charge in [0.2, 0.25) is 0 Å². The smallest absolute Gasteiger partial charge is 0.260 e. The van der Waals surface area contributed by atoms with Crippen LogP contribution in [0, 0.1) is 12.3 Å². The maximum Gasteiger partial charge on any atom is 0.260 e. The summed E-state index contributed by atoms with van der Waals surface area (Å²) in [6, 6.07) is 7.83. The average Bonchev–Trinajstić information content (AvgIpc) is 2.94. The third kappa shape index (κ3) is 3.52. The molecule has 0 aromatic heterocycles. The van der Waals surface area contributed by atoms with Crippen molar-refractivity contribution in [2.24, 2.45) is 5.41 Å². The molecule has 3 rings (SSSR count). The number of benzene rings is 1. The van der Waals surface area contributed by atoms with Crippen LogP contribution in [0.1, 0.15) is 37.7 Å². The Balaban J connectivity index is 1.59. The van der Waals surface area contributed by atoms with Gasteiger partial charge in [0.05, 0.1) is 6.10 Å². The van der Waals surface area contributed by atoms with E-state index in [4.69, 9.17) is 9.47 Å². The van der Waals surface area contributed by atoms with E-state index in [-0.39, 0.29) is 17.9 Å². The van der Waals surface area contributed by atoms with E-state index >= 15 is 0 Å². The Morgan fingerprint density at radius 3 is 2.96 bits per heavy atom. The number of carbonyl (C=O) groups is 1. The van der Waals surface area contributed by atoms with Crippen molar-refractivity contribution in [2.45, 2.75) is 45.1 Å². The van der Waals surface area contributed by atoms with Crippen molar-refractivity contribution in [1.29, 1.82) is 0 Å². The second-order valence-electron chi connectivity index (χ2n) is 7.00. The minimum Gasteiger partial charge on any atom is -0.484 e. The number of rotatable bonds is 4. The summed E-state index contributed by atoms with van der Waals surface area (Å²) in [6.07, 6.45) is 6.05. The number of hydrogen-bond donors (Lipinski definition) is 0. The first-order valence-corrected chi connectivity index (χ1v) is 8.63. The predicted molar refractivity (Wildman–Crippen MR) is 89.6 cm³/mol. The number of hydrogen-bond acceptors (Lipinski definition) is 3. The Bertz CT molecular complexity index is 559. The SMILES string of the molecule is CO[C@@H]1CCC[C@@]12CCCN(C(=O)COc1cccc(C)c1)C2. The van der Waals surface area contributed by atoms with Crippen LogP contribution in [-0.4, -0.2) is 43.7 Å². The Kier molecular flexibility index (Phi) is 4.90. The van der Waals surface area contributed by atoms with E-state index in [9.17, 15) is 4.79 Å². The Morgan fingerprint density at radius 1 is 1.35 bits per heavy atom. The van der Waals surface area contributed by atoms with Gasteiger partial charge in [-0.3, -0.25) is 4.79 Å². The summed E-state index contributed by atoms with van der Waals surface area (Å²) in [5.74, 6) is 0.855. The van der Waals surface area contributed by atoms with Gasteiger partial charge in [0.25, 0.3) is 5.91 Å². The van der Waals surface area contributed by atoms with Gasteiger partial charge in [0, 0.05) is 25.6 Å². The van der Waals surface area contributed by atoms with Gasteiger partial charge in [0.15, 0.2) is 6.61 Å². The third-order valence-electron chi connectivity index (χ3n) is 5.42. The van der Waals surface area contributed by atoms with E-state index in [0.717, 1.165) is 37.2 Å². The third-order valence-corrected chi connectivity index (χ3v) is 5.42. The summed E-state index contributed by atoms with van der Waals surface area (Å²) in [5, 5.41) is 0. The van der Waals surface area contributed by atoms with Crippen molar-refractivity contribution in [3.05, 3.63) is 29.8 Å². The van der Waals surface area contributed by atoms with Crippen LogP contribution in [0.15, 0.2) is 24.3 Å². The van der Waals surface area contributed by atoms with Crippen LogP contribution < -0.4 is 4.74 Å². The monoisotopic (exact) mass is 317 g/mol. The first-order valence-electron chi connectivity index (χ1n) is 8.63. The minimum atomic E-state index is 0.0901. The molecule has 1 saturated heterocycles. The lowest BCUT2D eigenvalue weighted by Gasteiger charge is -2.43. The molecule has 1 aliphatic heterocycles. The van der Waals surface area contributed by atoms with E-state index in [1.54, 1.807) is 7.11 Å². The molecule has 4 heteroatoms. The Morgan fingerprint density at radius 2 is 2.17 bits per heavy atom. The molecule has 0 bridgehead atoms. The highest BCUT2D eigenvalue weighted by Gasteiger charge is 2.46. The summed E-state index contributed by atoms with van der Waals surface area (Å²) >= 11 is 0. The predicted octanol–water partition coefficient (Wildman–Crippen LogP) is 3.18. The molecule has 2 aliphatic rings. The summed E-state index contributed by atoms with van der Waals surface area (Å²) < 4.78 is 11.4. The second-order valence-corrected chi connectivity index (χ2v) is 7.00. The largest absolute Gasteiger partial charge is 0.484 e. The average molecular weight is 317 g/mol. The Hall–Kier alpha value is -1.55. The van der Waals surface area contributed by atoms with Crippen molar-refractivity contribution in [2.75, 3.05) is 26.8 Å². The van der Waals surface area contributed by atoms with E-state index < -0.39 is 0 Å². The van der Waals surface area contributed by atoms with Gasteiger partial charge in [-0.1, -0.05) is 18.6 Å². The van der Waals surface area contributed by atoms with Gasteiger partial charge >= 0.3 is 0 Å². The number of amides is 1. The normalized spacial score (nSPS) is 27.4. The number of ether oxygens (including phenoxy) is 2. The van der Waals surface area contributed by atoms with Gasteiger partial charge in [-0.25, -0.2) is 0 Å². The maximum atomic E-state index is 12.6. The van der Waals surface area contributed by atoms with Crippen LogP contribution in [-0.2, 0) is 9.53 Å². The van der Waals surface area contributed by atoms with E-state index in [2.05, 4.69) is 0 Å². The molecule has 4 nitrogen and oxygen atoms in total. The fraction of sp³-hybridized carbons (Fsp3) is 0.632.